The Kier molecular flexibility index (Phi) is 5.48. The molecule has 1 fully saturated rings. The molecule has 0 aliphatic carbocycles. The van der Waals surface area contributed by atoms with Crippen LogP contribution in [0.25, 0.3) is 0 Å². The number of benzene rings is 1. The monoisotopic (exact) mass is 338 g/mol. The first-order valence-electron chi connectivity index (χ1n) is 8.79. The molecule has 0 radical (unpaired) electrons. The number of nitrogens with zero attached hydrogens (tertiary/aromatic N) is 5. The molecule has 1 saturated heterocycles. The number of anilines is 3. The third-order valence-electron chi connectivity index (χ3n) is 4.28. The Balaban J connectivity index is 1.66. The summed E-state index contributed by atoms with van der Waals surface area (Å²) in [6.07, 6.45) is 5.52. The van der Waals surface area contributed by atoms with Crippen LogP contribution in [0.4, 0.5) is 17.5 Å². The second kappa shape index (κ2) is 7.96. The first kappa shape index (κ1) is 17.2. The summed E-state index contributed by atoms with van der Waals surface area (Å²) in [5.41, 5.74) is 6.19. The summed E-state index contributed by atoms with van der Waals surface area (Å²) in [5, 5.41) is 4.32. The van der Waals surface area contributed by atoms with Crippen LogP contribution in [0.1, 0.15) is 30.5 Å². The Morgan fingerprint density at radius 3 is 2.48 bits per heavy atom. The van der Waals surface area contributed by atoms with Crippen LogP contribution < -0.4 is 15.2 Å². The van der Waals surface area contributed by atoms with Gasteiger partial charge in [-0.3, -0.25) is 5.43 Å². The third-order valence-corrected chi connectivity index (χ3v) is 4.28. The molecule has 1 aromatic heterocycles. The van der Waals surface area contributed by atoms with Gasteiger partial charge >= 0.3 is 0 Å². The van der Waals surface area contributed by atoms with Gasteiger partial charge in [-0.1, -0.05) is 12.1 Å². The van der Waals surface area contributed by atoms with E-state index in [1.807, 2.05) is 39.2 Å². The van der Waals surface area contributed by atoms with E-state index < -0.39 is 0 Å². The first-order chi connectivity index (χ1) is 12.1. The minimum absolute atomic E-state index is 0.731. The molecule has 0 bridgehead atoms. The molecule has 6 nitrogen and oxygen atoms in total. The van der Waals surface area contributed by atoms with Gasteiger partial charge in [-0.25, -0.2) is 4.98 Å². The van der Waals surface area contributed by atoms with Gasteiger partial charge in [0.2, 0.25) is 5.95 Å². The standard InChI is InChI=1S/C19H26N6/c1-15-13-18(22-19(21-15)25-11-5-4-6-12-25)23-20-14-16-7-9-17(10-8-16)24(2)3/h7-10,13-14H,4-6,11-12H2,1-3H3,(H,21,22,23). The lowest BCUT2D eigenvalue weighted by Gasteiger charge is -2.26. The Labute approximate surface area is 149 Å². The van der Waals surface area contributed by atoms with Crippen LogP contribution in [-0.2, 0) is 0 Å². The number of hydrogen-bond acceptors (Lipinski definition) is 6. The molecule has 132 valence electrons. The molecule has 1 aromatic carbocycles. The van der Waals surface area contributed by atoms with Crippen molar-refractivity contribution < 1.29 is 0 Å². The molecule has 3 rings (SSSR count). The zero-order valence-corrected chi connectivity index (χ0v) is 15.2. The summed E-state index contributed by atoms with van der Waals surface area (Å²) < 4.78 is 0. The topological polar surface area (TPSA) is 56.7 Å². The molecule has 2 aromatic rings. The molecule has 0 atom stereocenters. The highest BCUT2D eigenvalue weighted by atomic mass is 15.3. The number of nitrogens with one attached hydrogen (secondary N) is 1. The van der Waals surface area contributed by atoms with Crippen molar-refractivity contribution in [3.63, 3.8) is 0 Å². The molecule has 0 unspecified atom stereocenters. The molecule has 1 aliphatic rings. The summed E-state index contributed by atoms with van der Waals surface area (Å²) >= 11 is 0. The second-order valence-electron chi connectivity index (χ2n) is 6.60. The number of piperidine rings is 1. The molecule has 0 amide bonds. The largest absolute Gasteiger partial charge is 0.378 e. The summed E-state index contributed by atoms with van der Waals surface area (Å²) in [5.74, 6) is 1.53. The van der Waals surface area contributed by atoms with Crippen LogP contribution in [-0.4, -0.2) is 43.4 Å². The molecular weight excluding hydrogens is 312 g/mol. The van der Waals surface area contributed by atoms with Gasteiger partial charge in [-0.2, -0.15) is 10.1 Å². The van der Waals surface area contributed by atoms with Crippen molar-refractivity contribution in [3.8, 4) is 0 Å². The van der Waals surface area contributed by atoms with Gasteiger partial charge < -0.3 is 9.80 Å². The van der Waals surface area contributed by atoms with E-state index in [1.54, 1.807) is 6.21 Å². The minimum Gasteiger partial charge on any atom is -0.378 e. The van der Waals surface area contributed by atoms with Crippen LogP contribution in [0, 0.1) is 6.92 Å². The van der Waals surface area contributed by atoms with Crippen LogP contribution in [0.3, 0.4) is 0 Å². The highest BCUT2D eigenvalue weighted by molar-refractivity contribution is 5.80. The van der Waals surface area contributed by atoms with Crippen molar-refractivity contribution in [2.75, 3.05) is 42.4 Å². The zero-order chi connectivity index (χ0) is 17.6. The maximum Gasteiger partial charge on any atom is 0.227 e. The lowest BCUT2D eigenvalue weighted by molar-refractivity contribution is 0.568. The SMILES string of the molecule is Cc1cc(NN=Cc2ccc(N(C)C)cc2)nc(N2CCCCC2)n1. The van der Waals surface area contributed by atoms with Crippen LogP contribution in [0.5, 0.6) is 0 Å². The van der Waals surface area contributed by atoms with E-state index in [1.165, 1.54) is 24.9 Å². The van der Waals surface area contributed by atoms with Gasteiger partial charge in [0.15, 0.2) is 5.82 Å². The number of aromatic nitrogens is 2. The second-order valence-corrected chi connectivity index (χ2v) is 6.60. The highest BCUT2D eigenvalue weighted by Gasteiger charge is 2.14. The summed E-state index contributed by atoms with van der Waals surface area (Å²) in [4.78, 5) is 13.5. The van der Waals surface area contributed by atoms with Crippen LogP contribution >= 0.6 is 0 Å². The average Bonchev–Trinajstić information content (AvgIpc) is 2.62. The summed E-state index contributed by atoms with van der Waals surface area (Å²) in [6, 6.07) is 10.2. The number of hydrogen-bond donors (Lipinski definition) is 1. The fourth-order valence-corrected chi connectivity index (χ4v) is 2.88. The number of hydrazone groups is 1. The Hall–Kier alpha value is -2.63. The lowest BCUT2D eigenvalue weighted by Crippen LogP contribution is -2.31. The molecule has 1 aliphatic heterocycles. The van der Waals surface area contributed by atoms with E-state index in [4.69, 9.17) is 0 Å². The van der Waals surface area contributed by atoms with Gasteiger partial charge in [0.05, 0.1) is 6.21 Å². The Morgan fingerprint density at radius 2 is 1.80 bits per heavy atom. The van der Waals surface area contributed by atoms with E-state index in [-0.39, 0.29) is 0 Å². The molecule has 25 heavy (non-hydrogen) atoms. The molecular formula is C19H26N6. The molecule has 0 spiro atoms. The van der Waals surface area contributed by atoms with Crippen molar-refractivity contribution in [3.05, 3.63) is 41.6 Å². The van der Waals surface area contributed by atoms with E-state index in [0.717, 1.165) is 36.1 Å². The smallest absolute Gasteiger partial charge is 0.227 e. The Morgan fingerprint density at radius 1 is 1.08 bits per heavy atom. The van der Waals surface area contributed by atoms with Crippen LogP contribution in [0.15, 0.2) is 35.4 Å². The maximum atomic E-state index is 4.61. The Bertz CT molecular complexity index is 717. The summed E-state index contributed by atoms with van der Waals surface area (Å²) in [6.45, 7) is 4.05. The molecule has 6 heteroatoms. The van der Waals surface area contributed by atoms with Crippen molar-refractivity contribution >= 4 is 23.7 Å². The predicted octanol–water partition coefficient (Wildman–Crippen LogP) is 3.29. The van der Waals surface area contributed by atoms with Crippen molar-refractivity contribution in [2.24, 2.45) is 5.10 Å². The highest BCUT2D eigenvalue weighted by Crippen LogP contribution is 2.18. The fraction of sp³-hybridized carbons (Fsp3) is 0.421. The third kappa shape index (κ3) is 4.68. The minimum atomic E-state index is 0.731. The molecule has 1 N–H and O–H groups in total. The van der Waals surface area contributed by atoms with E-state index >= 15 is 0 Å². The average molecular weight is 338 g/mol. The quantitative estimate of drug-likeness (QED) is 0.670. The summed E-state index contributed by atoms with van der Waals surface area (Å²) in [7, 11) is 4.06. The van der Waals surface area contributed by atoms with E-state index in [2.05, 4.69) is 42.4 Å². The maximum absolute atomic E-state index is 4.61. The normalized spacial score (nSPS) is 14.8. The van der Waals surface area contributed by atoms with Crippen molar-refractivity contribution in [1.29, 1.82) is 0 Å². The zero-order valence-electron chi connectivity index (χ0n) is 15.2. The predicted molar refractivity (Wildman–Crippen MR) is 105 cm³/mol. The van der Waals surface area contributed by atoms with Gasteiger partial charge in [0.25, 0.3) is 0 Å². The van der Waals surface area contributed by atoms with Gasteiger partial charge in [0.1, 0.15) is 0 Å². The number of rotatable bonds is 5. The van der Waals surface area contributed by atoms with Gasteiger partial charge in [-0.05, 0) is 43.9 Å². The van der Waals surface area contributed by atoms with Crippen LogP contribution in [0.2, 0.25) is 0 Å². The van der Waals surface area contributed by atoms with Gasteiger partial charge in [-0.15, -0.1) is 0 Å². The number of aryl methyl sites for hydroxylation is 1. The van der Waals surface area contributed by atoms with Crippen molar-refractivity contribution in [1.82, 2.24) is 9.97 Å². The van der Waals surface area contributed by atoms with Crippen molar-refractivity contribution in [2.45, 2.75) is 26.2 Å². The van der Waals surface area contributed by atoms with E-state index in [0.29, 0.717) is 0 Å². The first-order valence-corrected chi connectivity index (χ1v) is 8.79. The van der Waals surface area contributed by atoms with Gasteiger partial charge in [0, 0.05) is 44.6 Å². The lowest BCUT2D eigenvalue weighted by atomic mass is 10.1. The fourth-order valence-electron chi connectivity index (χ4n) is 2.88. The molecule has 0 saturated carbocycles. The van der Waals surface area contributed by atoms with E-state index in [9.17, 15) is 0 Å². The molecule has 2 heterocycles.